The van der Waals surface area contributed by atoms with Crippen molar-refractivity contribution >= 4 is 21.6 Å². The van der Waals surface area contributed by atoms with E-state index in [4.69, 9.17) is 16.3 Å². The van der Waals surface area contributed by atoms with Crippen LogP contribution < -0.4 is 4.72 Å². The number of ether oxygens (including phenoxy) is 1. The fraction of sp³-hybridized carbons (Fsp3) is 0.600. The van der Waals surface area contributed by atoms with Crippen LogP contribution >= 0.6 is 11.6 Å². The smallest absolute Gasteiger partial charge is 0.215 e. The lowest BCUT2D eigenvalue weighted by atomic mass is 9.94. The molecule has 0 radical (unpaired) electrons. The predicted octanol–water partition coefficient (Wildman–Crippen LogP) is 2.37. The second-order valence-corrected chi connectivity index (χ2v) is 8.30. The van der Waals surface area contributed by atoms with Crippen LogP contribution in [0.3, 0.4) is 0 Å². The molecule has 1 N–H and O–H groups in total. The van der Waals surface area contributed by atoms with Gasteiger partial charge in [-0.1, -0.05) is 23.7 Å². The van der Waals surface area contributed by atoms with Crippen LogP contribution in [0.15, 0.2) is 24.3 Å². The van der Waals surface area contributed by atoms with E-state index < -0.39 is 10.0 Å². The van der Waals surface area contributed by atoms with Gasteiger partial charge in [0.25, 0.3) is 0 Å². The summed E-state index contributed by atoms with van der Waals surface area (Å²) in [7, 11) is -3.26. The second kappa shape index (κ2) is 6.24. The highest BCUT2D eigenvalue weighted by molar-refractivity contribution is 7.90. The molecule has 2 fully saturated rings. The maximum absolute atomic E-state index is 12.5. The molecule has 1 saturated heterocycles. The maximum Gasteiger partial charge on any atom is 0.215 e. The Morgan fingerprint density at radius 1 is 1.29 bits per heavy atom. The normalized spacial score (nSPS) is 26.7. The molecule has 0 amide bonds. The van der Waals surface area contributed by atoms with Gasteiger partial charge in [-0.3, -0.25) is 0 Å². The quantitative estimate of drug-likeness (QED) is 0.902. The fourth-order valence-corrected chi connectivity index (χ4v) is 5.04. The zero-order chi connectivity index (χ0) is 14.9. The SMILES string of the molecule is O=S(=O)(NC1CC1)[C@H]1CCOC[C@@H]1Cc1cccc(Cl)c1. The monoisotopic (exact) mass is 329 g/mol. The van der Waals surface area contributed by atoms with E-state index in [1.165, 1.54) is 0 Å². The van der Waals surface area contributed by atoms with Crippen molar-refractivity contribution in [1.82, 2.24) is 4.72 Å². The van der Waals surface area contributed by atoms with E-state index in [1.807, 2.05) is 24.3 Å². The first-order valence-electron chi connectivity index (χ1n) is 7.38. The third-order valence-electron chi connectivity index (χ3n) is 4.10. The van der Waals surface area contributed by atoms with Crippen LogP contribution in [0.2, 0.25) is 5.02 Å². The zero-order valence-electron chi connectivity index (χ0n) is 11.8. The Hall–Kier alpha value is -0.620. The zero-order valence-corrected chi connectivity index (χ0v) is 13.4. The van der Waals surface area contributed by atoms with E-state index in [2.05, 4.69) is 4.72 Å². The second-order valence-electron chi connectivity index (χ2n) is 5.93. The summed E-state index contributed by atoms with van der Waals surface area (Å²) in [5.41, 5.74) is 1.06. The van der Waals surface area contributed by atoms with Crippen molar-refractivity contribution in [1.29, 1.82) is 0 Å². The Kier molecular flexibility index (Phi) is 4.54. The van der Waals surface area contributed by atoms with E-state index in [0.717, 1.165) is 18.4 Å². The van der Waals surface area contributed by atoms with Crippen molar-refractivity contribution in [3.63, 3.8) is 0 Å². The number of benzene rings is 1. The minimum Gasteiger partial charge on any atom is -0.381 e. The average molecular weight is 330 g/mol. The van der Waals surface area contributed by atoms with Crippen LogP contribution in [0, 0.1) is 5.92 Å². The summed E-state index contributed by atoms with van der Waals surface area (Å²) in [6, 6.07) is 7.76. The van der Waals surface area contributed by atoms with Crippen LogP contribution in [-0.2, 0) is 21.2 Å². The molecule has 1 aromatic carbocycles. The Bertz CT molecular complexity index is 601. The number of halogens is 1. The van der Waals surface area contributed by atoms with Gasteiger partial charge in [-0.15, -0.1) is 0 Å². The minimum atomic E-state index is -3.26. The first kappa shape index (κ1) is 15.3. The van der Waals surface area contributed by atoms with Gasteiger partial charge in [0.2, 0.25) is 10.0 Å². The summed E-state index contributed by atoms with van der Waals surface area (Å²) < 4.78 is 33.3. The molecule has 0 bridgehead atoms. The highest BCUT2D eigenvalue weighted by atomic mass is 35.5. The molecule has 6 heteroatoms. The molecule has 4 nitrogen and oxygen atoms in total. The summed E-state index contributed by atoms with van der Waals surface area (Å²) in [6.07, 6.45) is 3.16. The van der Waals surface area contributed by atoms with Crippen LogP contribution in [-0.4, -0.2) is 32.9 Å². The third-order valence-corrected chi connectivity index (χ3v) is 6.41. The number of nitrogens with one attached hydrogen (secondary N) is 1. The first-order valence-corrected chi connectivity index (χ1v) is 9.30. The van der Waals surface area contributed by atoms with Crippen LogP contribution in [0.25, 0.3) is 0 Å². The van der Waals surface area contributed by atoms with Gasteiger partial charge >= 0.3 is 0 Å². The summed E-state index contributed by atoms with van der Waals surface area (Å²) >= 11 is 6.00. The lowest BCUT2D eigenvalue weighted by Crippen LogP contribution is -2.45. The summed E-state index contributed by atoms with van der Waals surface area (Å²) in [5, 5.41) is 0.311. The molecule has 0 spiro atoms. The largest absolute Gasteiger partial charge is 0.381 e. The molecule has 0 aromatic heterocycles. The highest BCUT2D eigenvalue weighted by Crippen LogP contribution is 2.28. The lowest BCUT2D eigenvalue weighted by Gasteiger charge is -2.31. The number of sulfonamides is 1. The highest BCUT2D eigenvalue weighted by Gasteiger charge is 2.39. The van der Waals surface area contributed by atoms with Gasteiger partial charge in [-0.2, -0.15) is 0 Å². The maximum atomic E-state index is 12.5. The molecule has 21 heavy (non-hydrogen) atoms. The molecule has 1 aliphatic heterocycles. The van der Waals surface area contributed by atoms with Crippen molar-refractivity contribution in [3.05, 3.63) is 34.9 Å². The lowest BCUT2D eigenvalue weighted by molar-refractivity contribution is 0.0570. The van der Waals surface area contributed by atoms with E-state index >= 15 is 0 Å². The molecular formula is C15H20ClNO3S. The van der Waals surface area contributed by atoms with Crippen molar-refractivity contribution in [3.8, 4) is 0 Å². The predicted molar refractivity (Wildman–Crippen MR) is 82.9 cm³/mol. The Labute approximate surface area is 130 Å². The van der Waals surface area contributed by atoms with Crippen molar-refractivity contribution in [2.45, 2.75) is 37.0 Å². The van der Waals surface area contributed by atoms with Crippen molar-refractivity contribution in [2.75, 3.05) is 13.2 Å². The Morgan fingerprint density at radius 3 is 2.81 bits per heavy atom. The average Bonchev–Trinajstić information content (AvgIpc) is 3.22. The van der Waals surface area contributed by atoms with Crippen molar-refractivity contribution in [2.24, 2.45) is 5.92 Å². The van der Waals surface area contributed by atoms with Gasteiger partial charge in [-0.05, 0) is 43.4 Å². The van der Waals surface area contributed by atoms with Crippen molar-refractivity contribution < 1.29 is 13.2 Å². The van der Waals surface area contributed by atoms with E-state index in [9.17, 15) is 8.42 Å². The Balaban J connectivity index is 1.74. The molecule has 116 valence electrons. The van der Waals surface area contributed by atoms with Gasteiger partial charge in [0.1, 0.15) is 0 Å². The molecule has 3 rings (SSSR count). The molecule has 1 heterocycles. The molecule has 2 atom stereocenters. The fourth-order valence-electron chi connectivity index (χ4n) is 2.86. The van der Waals surface area contributed by atoms with Gasteiger partial charge in [0.05, 0.1) is 11.9 Å². The molecule has 0 unspecified atom stereocenters. The summed E-state index contributed by atoms with van der Waals surface area (Å²) in [5.74, 6) is -0.0199. The number of hydrogen-bond donors (Lipinski definition) is 1. The van der Waals surface area contributed by atoms with Gasteiger partial charge < -0.3 is 4.74 Å². The van der Waals surface area contributed by atoms with Crippen LogP contribution in [0.5, 0.6) is 0 Å². The van der Waals surface area contributed by atoms with Crippen LogP contribution in [0.1, 0.15) is 24.8 Å². The topological polar surface area (TPSA) is 55.4 Å². The molecule has 1 aromatic rings. The van der Waals surface area contributed by atoms with E-state index in [-0.39, 0.29) is 17.2 Å². The number of hydrogen-bond acceptors (Lipinski definition) is 3. The first-order chi connectivity index (χ1) is 10.0. The van der Waals surface area contributed by atoms with E-state index in [0.29, 0.717) is 31.1 Å². The molecular weight excluding hydrogens is 310 g/mol. The molecule has 1 aliphatic carbocycles. The summed E-state index contributed by atoms with van der Waals surface area (Å²) in [6.45, 7) is 1.01. The summed E-state index contributed by atoms with van der Waals surface area (Å²) in [4.78, 5) is 0. The van der Waals surface area contributed by atoms with Crippen LogP contribution in [0.4, 0.5) is 0 Å². The number of rotatable bonds is 5. The molecule has 1 saturated carbocycles. The molecule has 2 aliphatic rings. The third kappa shape index (κ3) is 3.97. The van der Waals surface area contributed by atoms with Gasteiger partial charge in [0.15, 0.2) is 0 Å². The Morgan fingerprint density at radius 2 is 2.10 bits per heavy atom. The minimum absolute atomic E-state index is 0.0199. The van der Waals surface area contributed by atoms with Gasteiger partial charge in [0, 0.05) is 23.6 Å². The van der Waals surface area contributed by atoms with E-state index in [1.54, 1.807) is 0 Å². The van der Waals surface area contributed by atoms with Gasteiger partial charge in [-0.25, -0.2) is 13.1 Å². The standard InChI is InChI=1S/C15H20ClNO3S/c16-13-3-1-2-11(9-13)8-12-10-20-7-6-15(12)21(18,19)17-14-4-5-14/h1-3,9,12,14-15,17H,4-8,10H2/t12-,15-/m0/s1.